The van der Waals surface area contributed by atoms with Gasteiger partial charge in [-0.1, -0.05) is 164 Å². The number of nitro benzene ring substituents is 1. The van der Waals surface area contributed by atoms with Crippen LogP contribution in [0.4, 0.5) is 21.0 Å². The Morgan fingerprint density at radius 2 is 1.27 bits per heavy atom. The average Bonchev–Trinajstić information content (AvgIpc) is 2.37. The third-order valence-corrected chi connectivity index (χ3v) is 21.3. The highest BCUT2D eigenvalue weighted by atomic mass is 32.2. The third-order valence-electron chi connectivity index (χ3n) is 14.9. The second kappa shape index (κ2) is 29.4. The Morgan fingerprint density at radius 1 is 0.682 bits per heavy atom. The number of aryl methyl sites for hydroxylation is 1. The van der Waals surface area contributed by atoms with Crippen LogP contribution in [0.25, 0.3) is 11.1 Å². The molecular formula is C65H78N4O14SSi. The van der Waals surface area contributed by atoms with E-state index in [2.05, 4.69) is 61.0 Å². The molecule has 20 heteroatoms. The van der Waals surface area contributed by atoms with Crippen molar-refractivity contribution in [1.82, 2.24) is 10.6 Å². The molecule has 3 amide bonds. The Hall–Kier alpha value is -7.75. The molecule has 452 valence electrons. The predicted octanol–water partition coefficient (Wildman–Crippen LogP) is 11.0. The summed E-state index contributed by atoms with van der Waals surface area (Å²) in [6.45, 7) is 16.2. The number of alkyl carbamates (subject to hydrolysis) is 1. The number of nitro groups is 1. The monoisotopic (exact) mass is 1200 g/mol. The maximum absolute atomic E-state index is 13.6. The number of anilines is 1. The van der Waals surface area contributed by atoms with Crippen LogP contribution in [0, 0.1) is 21.4 Å². The minimum atomic E-state index is -3.89. The van der Waals surface area contributed by atoms with Gasteiger partial charge in [0.15, 0.2) is 0 Å². The fraction of sp³-hybridized carbons (Fsp3) is 0.385. The van der Waals surface area contributed by atoms with Gasteiger partial charge in [0, 0.05) is 43.6 Å². The molecule has 0 aromatic heterocycles. The van der Waals surface area contributed by atoms with Gasteiger partial charge in [0.05, 0.1) is 17.3 Å². The first kappa shape index (κ1) is 64.8. The van der Waals surface area contributed by atoms with Crippen LogP contribution in [0.1, 0.15) is 103 Å². The predicted molar refractivity (Wildman–Crippen MR) is 329 cm³/mol. The van der Waals surface area contributed by atoms with E-state index in [9.17, 15) is 37.7 Å². The molecule has 0 saturated carbocycles. The Kier molecular flexibility index (Phi) is 22.4. The number of carbonyl (C=O) groups is 4. The molecular weight excluding hydrogens is 1120 g/mol. The summed E-state index contributed by atoms with van der Waals surface area (Å²) >= 11 is 0. The molecule has 1 aliphatic carbocycles. The normalized spacial score (nSPS) is 13.2. The zero-order valence-electron chi connectivity index (χ0n) is 49.6. The second-order valence-electron chi connectivity index (χ2n) is 23.3. The maximum atomic E-state index is 13.6. The molecule has 3 N–H and O–H groups in total. The lowest BCUT2D eigenvalue weighted by molar-refractivity contribution is -0.384. The van der Waals surface area contributed by atoms with Crippen molar-refractivity contribution in [2.75, 3.05) is 44.1 Å². The van der Waals surface area contributed by atoms with E-state index in [0.29, 0.717) is 42.7 Å². The molecule has 1 aliphatic rings. The number of amides is 3. The molecule has 2 atom stereocenters. The number of nitrogens with zero attached hydrogens (tertiary/aromatic N) is 1. The number of carbonyl (C=O) groups excluding carboxylic acids is 4. The van der Waals surface area contributed by atoms with Gasteiger partial charge in [-0.2, -0.15) is 8.42 Å². The first-order valence-corrected chi connectivity index (χ1v) is 32.1. The van der Waals surface area contributed by atoms with Gasteiger partial charge in [-0.3, -0.25) is 23.9 Å². The molecule has 6 aromatic rings. The first-order chi connectivity index (χ1) is 40.5. The summed E-state index contributed by atoms with van der Waals surface area (Å²) in [6, 6.07) is 44.5. The Labute approximate surface area is 499 Å². The van der Waals surface area contributed by atoms with Crippen LogP contribution < -0.4 is 31.1 Å². The van der Waals surface area contributed by atoms with Gasteiger partial charge < -0.3 is 39.3 Å². The minimum absolute atomic E-state index is 0.0179. The highest BCUT2D eigenvalue weighted by Crippen LogP contribution is 2.44. The van der Waals surface area contributed by atoms with Gasteiger partial charge in [-0.05, 0) is 117 Å². The molecule has 85 heavy (non-hydrogen) atoms. The number of ether oxygens (including phenoxy) is 4. The van der Waals surface area contributed by atoms with Crippen molar-refractivity contribution in [3.63, 3.8) is 0 Å². The van der Waals surface area contributed by atoms with E-state index in [1.807, 2.05) is 98.8 Å². The topological polar surface area (TPSA) is 237 Å². The van der Waals surface area contributed by atoms with Crippen molar-refractivity contribution in [1.29, 1.82) is 0 Å². The summed E-state index contributed by atoms with van der Waals surface area (Å²) < 4.78 is 61.2. The second-order valence-corrected chi connectivity index (χ2v) is 29.4. The van der Waals surface area contributed by atoms with Crippen molar-refractivity contribution in [2.24, 2.45) is 11.3 Å². The summed E-state index contributed by atoms with van der Waals surface area (Å²) in [5, 5.41) is 21.5. The van der Waals surface area contributed by atoms with Gasteiger partial charge in [0.2, 0.25) is 11.8 Å². The van der Waals surface area contributed by atoms with E-state index in [4.69, 9.17) is 27.6 Å². The largest absolute Gasteiger partial charge is 0.514 e. The summed E-state index contributed by atoms with van der Waals surface area (Å²) in [7, 11) is -6.67. The van der Waals surface area contributed by atoms with Crippen molar-refractivity contribution < 1.29 is 60.1 Å². The van der Waals surface area contributed by atoms with Crippen molar-refractivity contribution in [3.05, 3.63) is 184 Å². The van der Waals surface area contributed by atoms with Crippen LogP contribution >= 0.6 is 0 Å². The molecule has 18 nitrogen and oxygen atoms in total. The summed E-state index contributed by atoms with van der Waals surface area (Å²) in [5.74, 6) is -1.88. The molecule has 0 spiro atoms. The van der Waals surface area contributed by atoms with Crippen molar-refractivity contribution in [2.45, 2.75) is 111 Å². The van der Waals surface area contributed by atoms with Gasteiger partial charge in [0.25, 0.3) is 24.1 Å². The van der Waals surface area contributed by atoms with Crippen LogP contribution in [0.5, 0.6) is 5.75 Å². The number of hydrogen-bond acceptors (Lipinski definition) is 14. The standard InChI is InChI=1S/C65H78N4O14SSi/c1-45(2)59(68-62(72)79-43-58-56-28-17-15-26-54(56)55-27-16-18-29-57(55)58)61(71)66-46(3)60(70)67-49-31-30-48(42-80-63(73)83-51-34-32-50(33-35-51)69(74)75)47(41-49)21-19-37-78-38-20-40-84(76,77)81-44-65(7,8)36-39-82-85(64(4,5)6,52-22-11-9-12-23-52)53-24-13-10-14-25-53/h9-18,22-35,41,45-46,58-59H,19-21,36-40,42-44H2,1-8H3,(H,66,71)(H,67,70)(H,68,72)/t46-,59-/m0/s1. The maximum Gasteiger partial charge on any atom is 0.514 e. The number of non-ortho nitro benzene ring substituents is 1. The van der Waals surface area contributed by atoms with Crippen LogP contribution in [0.2, 0.25) is 5.04 Å². The molecule has 0 radical (unpaired) electrons. The lowest BCUT2D eigenvalue weighted by Crippen LogP contribution is -2.66. The lowest BCUT2D eigenvalue weighted by Gasteiger charge is -2.43. The Bertz CT molecular complexity index is 3270. The number of fused-ring (bicyclic) bond motifs is 3. The molecule has 0 saturated heterocycles. The van der Waals surface area contributed by atoms with E-state index in [0.717, 1.165) is 22.3 Å². The summed E-state index contributed by atoms with van der Waals surface area (Å²) in [5.41, 5.74) is 5.17. The molecule has 7 rings (SSSR count). The fourth-order valence-electron chi connectivity index (χ4n) is 10.3. The van der Waals surface area contributed by atoms with Gasteiger partial charge in [-0.25, -0.2) is 9.59 Å². The molecule has 0 unspecified atom stereocenters. The number of benzene rings is 6. The molecule has 0 heterocycles. The fourth-order valence-corrected chi connectivity index (χ4v) is 16.0. The van der Waals surface area contributed by atoms with Crippen LogP contribution in [-0.4, -0.2) is 96.6 Å². The van der Waals surface area contributed by atoms with E-state index >= 15 is 0 Å². The average molecular weight is 1200 g/mol. The molecule has 0 bridgehead atoms. The first-order valence-electron chi connectivity index (χ1n) is 28.6. The summed E-state index contributed by atoms with van der Waals surface area (Å²) in [6.07, 6.45) is -0.247. The van der Waals surface area contributed by atoms with Crippen molar-refractivity contribution in [3.8, 4) is 16.9 Å². The van der Waals surface area contributed by atoms with E-state index in [1.165, 1.54) is 41.6 Å². The smallest absolute Gasteiger partial charge is 0.449 e. The zero-order chi connectivity index (χ0) is 61.4. The number of hydrogen-bond donors (Lipinski definition) is 3. The van der Waals surface area contributed by atoms with Crippen LogP contribution in [0.3, 0.4) is 0 Å². The molecule has 0 aliphatic heterocycles. The van der Waals surface area contributed by atoms with E-state index < -0.39 is 64.9 Å². The molecule has 0 fully saturated rings. The van der Waals surface area contributed by atoms with Crippen LogP contribution in [0.15, 0.2) is 152 Å². The van der Waals surface area contributed by atoms with Gasteiger partial charge in [0.1, 0.15) is 31.0 Å². The minimum Gasteiger partial charge on any atom is -0.449 e. The third kappa shape index (κ3) is 17.7. The number of rotatable bonds is 29. The number of nitrogens with one attached hydrogen (secondary N) is 3. The lowest BCUT2D eigenvalue weighted by atomic mass is 9.91. The van der Waals surface area contributed by atoms with E-state index in [-0.39, 0.29) is 73.5 Å². The molecule has 6 aromatic carbocycles. The van der Waals surface area contributed by atoms with E-state index in [1.54, 1.807) is 32.0 Å². The highest BCUT2D eigenvalue weighted by Gasteiger charge is 2.50. The Balaban J connectivity index is 0.896. The van der Waals surface area contributed by atoms with Gasteiger partial charge >= 0.3 is 12.2 Å². The van der Waals surface area contributed by atoms with Crippen molar-refractivity contribution >= 4 is 64.2 Å². The quantitative estimate of drug-likeness (QED) is 0.00753. The zero-order valence-corrected chi connectivity index (χ0v) is 51.4. The van der Waals surface area contributed by atoms with Crippen LogP contribution in [-0.2, 0) is 55.6 Å². The Morgan fingerprint density at radius 3 is 1.86 bits per heavy atom. The summed E-state index contributed by atoms with van der Waals surface area (Å²) in [4.78, 5) is 63.8. The SMILES string of the molecule is CC(C)[C@H](NC(=O)OCC1c2ccccc2-c2ccccc21)C(=O)N[C@@H](C)C(=O)Nc1ccc(COC(=O)Oc2ccc([N+](=O)[O-])cc2)c(CCCOCCCS(=O)(=O)OCC(C)(C)CCO[Si](c2ccccc2)(c2ccccc2)C(C)(C)C)c1. The van der Waals surface area contributed by atoms with Gasteiger partial charge in [-0.15, -0.1) is 0 Å². The highest BCUT2D eigenvalue weighted by molar-refractivity contribution is 7.86.